The average molecular weight is 95.9 g/mol. The van der Waals surface area contributed by atoms with Crippen molar-refractivity contribution in [1.82, 2.24) is 0 Å². The molecule has 1 saturated carbocycles. The lowest BCUT2D eigenvalue weighted by atomic mass is 10.1. The van der Waals surface area contributed by atoms with Gasteiger partial charge in [0.1, 0.15) is 7.85 Å². The summed E-state index contributed by atoms with van der Waals surface area (Å²) in [6, 6.07) is 0. The van der Waals surface area contributed by atoms with E-state index in [1.165, 1.54) is 5.57 Å². The molecule has 0 heterocycles. The lowest BCUT2D eigenvalue weighted by Crippen LogP contribution is -1.80. The summed E-state index contributed by atoms with van der Waals surface area (Å²) in [6.07, 6.45) is 1.13. The van der Waals surface area contributed by atoms with Crippen LogP contribution in [0.15, 0.2) is 11.5 Å². The van der Waals surface area contributed by atoms with Gasteiger partial charge in [-0.15, -0.1) is 5.98 Å². The fourth-order valence-electron chi connectivity index (χ4n) is 0.761. The number of hydrogen-bond acceptors (Lipinski definition) is 1. The maximum atomic E-state index is 8.47. The molecule has 1 atom stereocenters. The van der Waals surface area contributed by atoms with Gasteiger partial charge in [0.2, 0.25) is 0 Å². The number of hydrogen-bond donors (Lipinski definition) is 1. The SMILES string of the molecule is B/C=C1\CC1CO. The molecule has 0 aromatic carbocycles. The van der Waals surface area contributed by atoms with Gasteiger partial charge < -0.3 is 5.11 Å². The molecule has 1 fully saturated rings. The van der Waals surface area contributed by atoms with Crippen LogP contribution >= 0.6 is 0 Å². The third-order valence-electron chi connectivity index (χ3n) is 1.44. The van der Waals surface area contributed by atoms with Gasteiger partial charge in [0.05, 0.1) is 0 Å². The van der Waals surface area contributed by atoms with Gasteiger partial charge in [0.15, 0.2) is 0 Å². The first-order valence-electron chi connectivity index (χ1n) is 2.64. The van der Waals surface area contributed by atoms with Gasteiger partial charge in [-0.25, -0.2) is 0 Å². The van der Waals surface area contributed by atoms with E-state index in [1.54, 1.807) is 0 Å². The molecule has 7 heavy (non-hydrogen) atoms. The normalized spacial score (nSPS) is 33.9. The average Bonchev–Trinajstić information content (AvgIpc) is 2.43. The molecule has 0 aromatic heterocycles. The molecular weight excluding hydrogens is 86.9 g/mol. The lowest BCUT2D eigenvalue weighted by molar-refractivity contribution is 0.281. The van der Waals surface area contributed by atoms with Crippen LogP contribution in [-0.4, -0.2) is 19.6 Å². The summed E-state index contributed by atoms with van der Waals surface area (Å²) in [5, 5.41) is 8.47. The predicted octanol–water partition coefficient (Wildman–Crippen LogP) is -0.484. The summed E-state index contributed by atoms with van der Waals surface area (Å²) < 4.78 is 0. The second-order valence-corrected chi connectivity index (χ2v) is 1.95. The Kier molecular flexibility index (Phi) is 1.20. The van der Waals surface area contributed by atoms with Crippen molar-refractivity contribution in [3.63, 3.8) is 0 Å². The molecule has 1 rings (SSSR count). The first kappa shape index (κ1) is 4.91. The fraction of sp³-hybridized carbons (Fsp3) is 0.600. The van der Waals surface area contributed by atoms with Gasteiger partial charge in [0.25, 0.3) is 0 Å². The molecule has 0 spiro atoms. The molecule has 1 N–H and O–H groups in total. The Morgan fingerprint density at radius 1 is 2.00 bits per heavy atom. The predicted molar refractivity (Wildman–Crippen MR) is 31.8 cm³/mol. The highest BCUT2D eigenvalue weighted by Gasteiger charge is 2.26. The molecule has 38 valence electrons. The highest BCUT2D eigenvalue weighted by Crippen LogP contribution is 2.35. The third kappa shape index (κ3) is 0.857. The number of rotatable bonds is 1. The topological polar surface area (TPSA) is 20.2 Å². The van der Waals surface area contributed by atoms with Crippen LogP contribution in [0.5, 0.6) is 0 Å². The molecular formula is C5H9BO. The number of aliphatic hydroxyl groups is 1. The molecule has 0 amide bonds. The standard InChI is InChI=1S/C5H9BO/c6-2-4-1-5(4)3-7/h2,5,7H,1,3,6H2/b4-2+. The van der Waals surface area contributed by atoms with Crippen LogP contribution in [0.25, 0.3) is 0 Å². The van der Waals surface area contributed by atoms with Crippen molar-refractivity contribution >= 4 is 7.85 Å². The Labute approximate surface area is 44.4 Å². The van der Waals surface area contributed by atoms with Crippen molar-refractivity contribution in [2.24, 2.45) is 5.92 Å². The highest BCUT2D eigenvalue weighted by molar-refractivity contribution is 6.17. The van der Waals surface area contributed by atoms with Crippen molar-refractivity contribution in [2.75, 3.05) is 6.61 Å². The molecule has 0 bridgehead atoms. The van der Waals surface area contributed by atoms with Crippen molar-refractivity contribution < 1.29 is 5.11 Å². The summed E-state index contributed by atoms with van der Waals surface area (Å²) in [7, 11) is 2.02. The zero-order valence-electron chi connectivity index (χ0n) is 4.52. The van der Waals surface area contributed by atoms with Gasteiger partial charge in [-0.1, -0.05) is 5.57 Å². The van der Waals surface area contributed by atoms with Crippen LogP contribution in [0.3, 0.4) is 0 Å². The Morgan fingerprint density at radius 2 is 2.71 bits per heavy atom. The Morgan fingerprint density at radius 3 is 2.86 bits per heavy atom. The van der Waals surface area contributed by atoms with E-state index in [0.29, 0.717) is 12.5 Å². The van der Waals surface area contributed by atoms with Crippen molar-refractivity contribution in [1.29, 1.82) is 0 Å². The molecule has 0 aliphatic heterocycles. The summed E-state index contributed by atoms with van der Waals surface area (Å²) in [6.45, 7) is 0.347. The second-order valence-electron chi connectivity index (χ2n) is 1.95. The van der Waals surface area contributed by atoms with Crippen molar-refractivity contribution in [3.8, 4) is 0 Å². The van der Waals surface area contributed by atoms with Crippen LogP contribution in [-0.2, 0) is 0 Å². The maximum Gasteiger partial charge on any atom is 0.129 e. The molecule has 1 nitrogen and oxygen atoms in total. The second kappa shape index (κ2) is 1.70. The van der Waals surface area contributed by atoms with Crippen LogP contribution < -0.4 is 0 Å². The van der Waals surface area contributed by atoms with Crippen LogP contribution in [0.2, 0.25) is 0 Å². The summed E-state index contributed by atoms with van der Waals surface area (Å²) in [4.78, 5) is 0. The van der Waals surface area contributed by atoms with E-state index in [-0.39, 0.29) is 0 Å². The molecule has 1 aliphatic rings. The van der Waals surface area contributed by atoms with Crippen LogP contribution in [0, 0.1) is 5.92 Å². The minimum atomic E-state index is 0.347. The molecule has 0 aromatic rings. The number of aliphatic hydroxyl groups excluding tert-OH is 1. The van der Waals surface area contributed by atoms with Crippen LogP contribution in [0.1, 0.15) is 6.42 Å². The van der Waals surface area contributed by atoms with Crippen molar-refractivity contribution in [2.45, 2.75) is 6.42 Å². The zero-order chi connectivity index (χ0) is 5.28. The van der Waals surface area contributed by atoms with E-state index < -0.39 is 0 Å². The first-order chi connectivity index (χ1) is 3.38. The Hall–Kier alpha value is -0.235. The fourth-order valence-corrected chi connectivity index (χ4v) is 0.761. The third-order valence-corrected chi connectivity index (χ3v) is 1.44. The van der Waals surface area contributed by atoms with Crippen LogP contribution in [0.4, 0.5) is 0 Å². The first-order valence-corrected chi connectivity index (χ1v) is 2.64. The summed E-state index contributed by atoms with van der Waals surface area (Å²) >= 11 is 0. The minimum absolute atomic E-state index is 0.347. The minimum Gasteiger partial charge on any atom is -0.396 e. The monoisotopic (exact) mass is 96.1 g/mol. The van der Waals surface area contributed by atoms with Gasteiger partial charge >= 0.3 is 0 Å². The summed E-state index contributed by atoms with van der Waals surface area (Å²) in [5.41, 5.74) is 1.42. The van der Waals surface area contributed by atoms with E-state index in [0.717, 1.165) is 6.42 Å². The molecule has 1 aliphatic carbocycles. The van der Waals surface area contributed by atoms with Gasteiger partial charge in [-0.05, 0) is 6.42 Å². The Balaban J connectivity index is 2.31. The summed E-state index contributed by atoms with van der Waals surface area (Å²) in [5.74, 6) is 2.62. The quantitative estimate of drug-likeness (QED) is 0.437. The zero-order valence-corrected chi connectivity index (χ0v) is 4.52. The molecule has 0 saturated heterocycles. The maximum absolute atomic E-state index is 8.47. The molecule has 1 unspecified atom stereocenters. The Bertz CT molecular complexity index is 98.3. The van der Waals surface area contributed by atoms with E-state index >= 15 is 0 Å². The molecule has 0 radical (unpaired) electrons. The van der Waals surface area contributed by atoms with Gasteiger partial charge in [0, 0.05) is 12.5 Å². The largest absolute Gasteiger partial charge is 0.396 e. The van der Waals surface area contributed by atoms with E-state index in [1.807, 2.05) is 7.85 Å². The lowest BCUT2D eigenvalue weighted by Gasteiger charge is -1.76. The van der Waals surface area contributed by atoms with E-state index in [9.17, 15) is 0 Å². The van der Waals surface area contributed by atoms with Gasteiger partial charge in [-0.3, -0.25) is 0 Å². The van der Waals surface area contributed by atoms with Crippen molar-refractivity contribution in [3.05, 3.63) is 11.5 Å². The van der Waals surface area contributed by atoms with Gasteiger partial charge in [-0.2, -0.15) is 0 Å². The molecule has 2 heteroatoms. The van der Waals surface area contributed by atoms with E-state index in [2.05, 4.69) is 5.98 Å². The smallest absolute Gasteiger partial charge is 0.129 e. The van der Waals surface area contributed by atoms with E-state index in [4.69, 9.17) is 5.11 Å². The highest BCUT2D eigenvalue weighted by atomic mass is 16.3.